The normalized spacial score (nSPS) is 31.7. The molecule has 1 aliphatic heterocycles. The first-order valence-corrected chi connectivity index (χ1v) is 7.71. The largest absolute Gasteiger partial charge is 0.382 e. The number of benzene rings is 1. The van der Waals surface area contributed by atoms with Crippen LogP contribution in [0.1, 0.15) is 25.7 Å². The average Bonchev–Trinajstić information content (AvgIpc) is 3.16. The van der Waals surface area contributed by atoms with E-state index in [2.05, 4.69) is 22.8 Å². The van der Waals surface area contributed by atoms with Gasteiger partial charge in [0.05, 0.1) is 0 Å². The van der Waals surface area contributed by atoms with Gasteiger partial charge >= 0.3 is 6.03 Å². The minimum absolute atomic E-state index is 0.0128. The molecule has 1 heterocycles. The quantitative estimate of drug-likeness (QED) is 0.888. The minimum atomic E-state index is 0.0128. The van der Waals surface area contributed by atoms with Crippen LogP contribution in [0.5, 0.6) is 0 Å². The topological polar surface area (TPSA) is 44.4 Å². The van der Waals surface area contributed by atoms with Crippen LogP contribution in [0.3, 0.4) is 0 Å². The van der Waals surface area contributed by atoms with Crippen molar-refractivity contribution in [2.75, 3.05) is 23.3 Å². The summed E-state index contributed by atoms with van der Waals surface area (Å²) in [5.41, 5.74) is 2.17. The van der Waals surface area contributed by atoms with Crippen molar-refractivity contribution in [2.45, 2.75) is 31.7 Å². The lowest BCUT2D eigenvalue weighted by Gasteiger charge is -2.24. The second kappa shape index (κ2) is 4.69. The number of anilines is 2. The summed E-state index contributed by atoms with van der Waals surface area (Å²) in [5.74, 6) is 1.84. The molecule has 0 spiro atoms. The van der Waals surface area contributed by atoms with Gasteiger partial charge in [-0.2, -0.15) is 0 Å². The van der Waals surface area contributed by atoms with Crippen LogP contribution in [0.4, 0.5) is 16.2 Å². The van der Waals surface area contributed by atoms with Gasteiger partial charge < -0.3 is 10.6 Å². The van der Waals surface area contributed by atoms with Crippen LogP contribution in [-0.2, 0) is 0 Å². The molecule has 4 nitrogen and oxygen atoms in total. The first-order chi connectivity index (χ1) is 9.79. The fourth-order valence-corrected chi connectivity index (χ4v) is 4.09. The van der Waals surface area contributed by atoms with Gasteiger partial charge in [0.1, 0.15) is 0 Å². The Morgan fingerprint density at radius 1 is 1.15 bits per heavy atom. The molecule has 4 heteroatoms. The highest BCUT2D eigenvalue weighted by Crippen LogP contribution is 2.45. The van der Waals surface area contributed by atoms with Gasteiger partial charge in [-0.05, 0) is 55.4 Å². The molecule has 3 aliphatic rings. The highest BCUT2D eigenvalue weighted by atomic mass is 16.2. The highest BCUT2D eigenvalue weighted by molar-refractivity contribution is 5.94. The second-order valence-electron chi connectivity index (χ2n) is 6.36. The Labute approximate surface area is 119 Å². The molecule has 0 aromatic heterocycles. The molecule has 0 radical (unpaired) electrons. The lowest BCUT2D eigenvalue weighted by Crippen LogP contribution is -2.28. The van der Waals surface area contributed by atoms with Crippen molar-refractivity contribution in [1.82, 2.24) is 5.32 Å². The summed E-state index contributed by atoms with van der Waals surface area (Å²) in [6.07, 6.45) is 5.59. The zero-order valence-electron chi connectivity index (χ0n) is 11.6. The smallest absolute Gasteiger partial charge is 0.321 e. The molecule has 1 saturated heterocycles. The predicted molar refractivity (Wildman–Crippen MR) is 80.0 cm³/mol. The van der Waals surface area contributed by atoms with Crippen LogP contribution >= 0.6 is 0 Å². The van der Waals surface area contributed by atoms with Crippen molar-refractivity contribution in [1.29, 1.82) is 0 Å². The van der Waals surface area contributed by atoms with Crippen molar-refractivity contribution in [2.24, 2.45) is 11.8 Å². The molecule has 1 aromatic carbocycles. The van der Waals surface area contributed by atoms with E-state index in [9.17, 15) is 4.79 Å². The third kappa shape index (κ3) is 2.03. The molecule has 2 bridgehead atoms. The van der Waals surface area contributed by atoms with Gasteiger partial charge in [0.2, 0.25) is 0 Å². The summed E-state index contributed by atoms with van der Waals surface area (Å²) in [6, 6.07) is 8.97. The number of nitrogens with one attached hydrogen (secondary N) is 2. The van der Waals surface area contributed by atoms with Gasteiger partial charge in [-0.15, -0.1) is 0 Å². The molecule has 3 atom stereocenters. The zero-order chi connectivity index (χ0) is 13.5. The molecule has 1 aromatic rings. The standard InChI is InChI=1S/C16H21N3O/c20-16-17-7-8-19(16)14-5-3-13(4-6-14)18-15-10-11-1-2-12(15)9-11/h3-6,11-12,15,18H,1-2,7-10H2,(H,17,20). The van der Waals surface area contributed by atoms with Gasteiger partial charge in [0.25, 0.3) is 0 Å². The second-order valence-corrected chi connectivity index (χ2v) is 6.36. The summed E-state index contributed by atoms with van der Waals surface area (Å²) in [6.45, 7) is 1.50. The van der Waals surface area contributed by atoms with Gasteiger partial charge in [-0.1, -0.05) is 6.42 Å². The number of carbonyl (C=O) groups is 1. The van der Waals surface area contributed by atoms with Gasteiger partial charge in [0, 0.05) is 30.5 Å². The van der Waals surface area contributed by atoms with Gasteiger partial charge in [-0.25, -0.2) is 4.79 Å². The fraction of sp³-hybridized carbons (Fsp3) is 0.562. The number of amides is 2. The molecule has 2 N–H and O–H groups in total. The molecule has 3 unspecified atom stereocenters. The van der Waals surface area contributed by atoms with Crippen molar-refractivity contribution in [3.05, 3.63) is 24.3 Å². The van der Waals surface area contributed by atoms with Crippen LogP contribution in [0.15, 0.2) is 24.3 Å². The summed E-state index contributed by atoms with van der Waals surface area (Å²) in [5, 5.41) is 6.51. The molecule has 2 saturated carbocycles. The Hall–Kier alpha value is -1.71. The maximum absolute atomic E-state index is 11.6. The van der Waals surface area contributed by atoms with Crippen molar-refractivity contribution < 1.29 is 4.79 Å². The van der Waals surface area contributed by atoms with E-state index >= 15 is 0 Å². The van der Waals surface area contributed by atoms with Crippen molar-refractivity contribution >= 4 is 17.4 Å². The van der Waals surface area contributed by atoms with E-state index in [1.165, 1.54) is 31.4 Å². The Bertz CT molecular complexity index is 513. The first kappa shape index (κ1) is 12.1. The van der Waals surface area contributed by atoms with E-state index in [1.807, 2.05) is 12.1 Å². The van der Waals surface area contributed by atoms with Crippen molar-refractivity contribution in [3.8, 4) is 0 Å². The fourth-order valence-electron chi connectivity index (χ4n) is 4.09. The zero-order valence-corrected chi connectivity index (χ0v) is 11.6. The van der Waals surface area contributed by atoms with E-state index in [4.69, 9.17) is 0 Å². The summed E-state index contributed by atoms with van der Waals surface area (Å²) >= 11 is 0. The van der Waals surface area contributed by atoms with E-state index in [1.54, 1.807) is 4.90 Å². The third-order valence-corrected chi connectivity index (χ3v) is 5.13. The van der Waals surface area contributed by atoms with E-state index in [0.29, 0.717) is 6.04 Å². The van der Waals surface area contributed by atoms with Gasteiger partial charge in [-0.3, -0.25) is 4.90 Å². The highest BCUT2D eigenvalue weighted by Gasteiger charge is 2.39. The van der Waals surface area contributed by atoms with Crippen LogP contribution in [0.25, 0.3) is 0 Å². The van der Waals surface area contributed by atoms with Crippen LogP contribution in [0.2, 0.25) is 0 Å². The Kier molecular flexibility index (Phi) is 2.83. The number of rotatable bonds is 3. The Balaban J connectivity index is 1.44. The maximum atomic E-state index is 11.6. The molecular formula is C16H21N3O. The molecular weight excluding hydrogens is 250 g/mol. The number of nitrogens with zero attached hydrogens (tertiary/aromatic N) is 1. The maximum Gasteiger partial charge on any atom is 0.321 e. The number of carbonyl (C=O) groups excluding carboxylic acids is 1. The molecule has 4 rings (SSSR count). The van der Waals surface area contributed by atoms with E-state index in [-0.39, 0.29) is 6.03 Å². The summed E-state index contributed by atoms with van der Waals surface area (Å²) in [4.78, 5) is 13.4. The Morgan fingerprint density at radius 3 is 2.60 bits per heavy atom. The number of fused-ring (bicyclic) bond motifs is 2. The number of hydrogen-bond donors (Lipinski definition) is 2. The summed E-state index contributed by atoms with van der Waals surface area (Å²) < 4.78 is 0. The SMILES string of the molecule is O=C1NCCN1c1ccc(NC2CC3CCC2C3)cc1. The minimum Gasteiger partial charge on any atom is -0.382 e. The molecule has 2 amide bonds. The monoisotopic (exact) mass is 271 g/mol. The lowest BCUT2D eigenvalue weighted by atomic mass is 9.95. The van der Waals surface area contributed by atoms with Gasteiger partial charge in [0.15, 0.2) is 0 Å². The van der Waals surface area contributed by atoms with E-state index in [0.717, 1.165) is 30.6 Å². The molecule has 106 valence electrons. The number of urea groups is 1. The number of hydrogen-bond acceptors (Lipinski definition) is 2. The van der Waals surface area contributed by atoms with Crippen LogP contribution in [0, 0.1) is 11.8 Å². The third-order valence-electron chi connectivity index (χ3n) is 5.13. The molecule has 20 heavy (non-hydrogen) atoms. The summed E-state index contributed by atoms with van der Waals surface area (Å²) in [7, 11) is 0. The molecule has 3 fully saturated rings. The lowest BCUT2D eigenvalue weighted by molar-refractivity contribution is 0.252. The Morgan fingerprint density at radius 2 is 2.00 bits per heavy atom. The molecule has 2 aliphatic carbocycles. The first-order valence-electron chi connectivity index (χ1n) is 7.71. The predicted octanol–water partition coefficient (Wildman–Crippen LogP) is 2.82. The average molecular weight is 271 g/mol. The van der Waals surface area contributed by atoms with Crippen LogP contribution < -0.4 is 15.5 Å². The van der Waals surface area contributed by atoms with Crippen molar-refractivity contribution in [3.63, 3.8) is 0 Å². The van der Waals surface area contributed by atoms with Crippen LogP contribution in [-0.4, -0.2) is 25.2 Å². The van der Waals surface area contributed by atoms with E-state index < -0.39 is 0 Å².